The van der Waals surface area contributed by atoms with Crippen LogP contribution in [-0.4, -0.2) is 23.4 Å². The summed E-state index contributed by atoms with van der Waals surface area (Å²) in [5.74, 6) is 1.02. The van der Waals surface area contributed by atoms with E-state index in [9.17, 15) is 4.79 Å². The number of aryl methyl sites for hydroxylation is 1. The Morgan fingerprint density at radius 3 is 2.44 bits per heavy atom. The van der Waals surface area contributed by atoms with Gasteiger partial charge in [0.25, 0.3) is 5.91 Å². The SMILES string of the molecule is Cc1ccc(C(=O)N2CCCC2C2CCC2)cc1. The van der Waals surface area contributed by atoms with Gasteiger partial charge in [-0.3, -0.25) is 4.79 Å². The topological polar surface area (TPSA) is 20.3 Å². The molecule has 2 heteroatoms. The highest BCUT2D eigenvalue weighted by Crippen LogP contribution is 2.37. The fourth-order valence-electron chi connectivity index (χ4n) is 3.22. The van der Waals surface area contributed by atoms with Crippen LogP contribution in [0.1, 0.15) is 48.0 Å². The Kier molecular flexibility index (Phi) is 3.11. The van der Waals surface area contributed by atoms with Crippen LogP contribution in [0.25, 0.3) is 0 Å². The van der Waals surface area contributed by atoms with Gasteiger partial charge in [-0.25, -0.2) is 0 Å². The Bertz CT molecular complexity index is 433. The standard InChI is InChI=1S/C16H21NO/c1-12-7-9-14(10-8-12)16(18)17-11-3-6-15(17)13-4-2-5-13/h7-10,13,15H,2-6,11H2,1H3. The van der Waals surface area contributed by atoms with Crippen molar-refractivity contribution in [2.24, 2.45) is 5.92 Å². The molecule has 2 aliphatic rings. The molecule has 1 aromatic carbocycles. The van der Waals surface area contributed by atoms with Crippen molar-refractivity contribution in [2.45, 2.75) is 45.1 Å². The summed E-state index contributed by atoms with van der Waals surface area (Å²) in [5, 5.41) is 0. The third-order valence-corrected chi connectivity index (χ3v) is 4.55. The Morgan fingerprint density at radius 2 is 1.83 bits per heavy atom. The van der Waals surface area contributed by atoms with Crippen LogP contribution < -0.4 is 0 Å². The molecule has 0 N–H and O–H groups in total. The van der Waals surface area contributed by atoms with Crippen LogP contribution in [0.2, 0.25) is 0 Å². The average molecular weight is 243 g/mol. The molecule has 1 saturated carbocycles. The number of rotatable bonds is 2. The predicted octanol–water partition coefficient (Wildman–Crippen LogP) is 3.40. The zero-order valence-electron chi connectivity index (χ0n) is 11.1. The number of hydrogen-bond donors (Lipinski definition) is 0. The first-order chi connectivity index (χ1) is 8.75. The molecule has 1 aromatic rings. The van der Waals surface area contributed by atoms with E-state index in [0.29, 0.717) is 6.04 Å². The Morgan fingerprint density at radius 1 is 1.11 bits per heavy atom. The molecule has 0 radical (unpaired) electrons. The minimum atomic E-state index is 0.240. The van der Waals surface area contributed by atoms with Crippen LogP contribution in [0.15, 0.2) is 24.3 Å². The third kappa shape index (κ3) is 2.05. The Balaban J connectivity index is 1.76. The van der Waals surface area contributed by atoms with Crippen LogP contribution in [0.5, 0.6) is 0 Å². The van der Waals surface area contributed by atoms with Crippen LogP contribution in [0.3, 0.4) is 0 Å². The molecule has 1 heterocycles. The molecule has 1 unspecified atom stereocenters. The van der Waals surface area contributed by atoms with Gasteiger partial charge < -0.3 is 4.90 Å². The minimum absolute atomic E-state index is 0.240. The van der Waals surface area contributed by atoms with E-state index in [1.807, 2.05) is 24.3 Å². The van der Waals surface area contributed by atoms with Gasteiger partial charge in [0.05, 0.1) is 0 Å². The first-order valence-corrected chi connectivity index (χ1v) is 7.13. The van der Waals surface area contributed by atoms with E-state index in [0.717, 1.165) is 18.0 Å². The Labute approximate surface area is 109 Å². The summed E-state index contributed by atoms with van der Waals surface area (Å²) in [7, 11) is 0. The van der Waals surface area contributed by atoms with Gasteiger partial charge in [0.2, 0.25) is 0 Å². The summed E-state index contributed by atoms with van der Waals surface area (Å²) in [4.78, 5) is 14.7. The smallest absolute Gasteiger partial charge is 0.254 e. The largest absolute Gasteiger partial charge is 0.335 e. The molecule has 1 aliphatic carbocycles. The van der Waals surface area contributed by atoms with Gasteiger partial charge in [0, 0.05) is 18.2 Å². The molecule has 18 heavy (non-hydrogen) atoms. The highest BCUT2D eigenvalue weighted by Gasteiger charge is 2.37. The number of amides is 1. The van der Waals surface area contributed by atoms with Gasteiger partial charge in [-0.15, -0.1) is 0 Å². The molecule has 0 bridgehead atoms. The first-order valence-electron chi connectivity index (χ1n) is 7.13. The highest BCUT2D eigenvalue weighted by molar-refractivity contribution is 5.94. The van der Waals surface area contributed by atoms with Gasteiger partial charge >= 0.3 is 0 Å². The highest BCUT2D eigenvalue weighted by atomic mass is 16.2. The van der Waals surface area contributed by atoms with E-state index in [1.165, 1.54) is 37.7 Å². The second kappa shape index (κ2) is 4.75. The maximum absolute atomic E-state index is 12.5. The monoisotopic (exact) mass is 243 g/mol. The summed E-state index contributed by atoms with van der Waals surface area (Å²) >= 11 is 0. The second-order valence-electron chi connectivity index (χ2n) is 5.77. The molecule has 1 aliphatic heterocycles. The quantitative estimate of drug-likeness (QED) is 0.779. The molecule has 96 valence electrons. The van der Waals surface area contributed by atoms with E-state index >= 15 is 0 Å². The van der Waals surface area contributed by atoms with Gasteiger partial charge in [0.1, 0.15) is 0 Å². The lowest BCUT2D eigenvalue weighted by atomic mass is 9.78. The molecule has 2 nitrogen and oxygen atoms in total. The predicted molar refractivity (Wildman–Crippen MR) is 72.6 cm³/mol. The van der Waals surface area contributed by atoms with E-state index in [-0.39, 0.29) is 5.91 Å². The van der Waals surface area contributed by atoms with Crippen molar-refractivity contribution < 1.29 is 4.79 Å². The van der Waals surface area contributed by atoms with Gasteiger partial charge in [0.15, 0.2) is 0 Å². The Hall–Kier alpha value is -1.31. The van der Waals surface area contributed by atoms with E-state index < -0.39 is 0 Å². The van der Waals surface area contributed by atoms with Crippen LogP contribution in [0.4, 0.5) is 0 Å². The number of carbonyl (C=O) groups excluding carboxylic acids is 1. The van der Waals surface area contributed by atoms with Crippen molar-refractivity contribution in [3.05, 3.63) is 35.4 Å². The number of nitrogens with zero attached hydrogens (tertiary/aromatic N) is 1. The first kappa shape index (κ1) is 11.8. The minimum Gasteiger partial charge on any atom is -0.335 e. The molecular weight excluding hydrogens is 222 g/mol. The van der Waals surface area contributed by atoms with Gasteiger partial charge in [-0.05, 0) is 50.7 Å². The summed E-state index contributed by atoms with van der Waals surface area (Å²) in [6.45, 7) is 3.01. The molecule has 0 spiro atoms. The van der Waals surface area contributed by atoms with Crippen molar-refractivity contribution in [1.82, 2.24) is 4.90 Å². The van der Waals surface area contributed by atoms with Gasteiger partial charge in [-0.1, -0.05) is 24.1 Å². The summed E-state index contributed by atoms with van der Waals surface area (Å²) < 4.78 is 0. The van der Waals surface area contributed by atoms with Crippen LogP contribution in [0, 0.1) is 12.8 Å². The molecule has 1 atom stereocenters. The molecule has 3 rings (SSSR count). The summed E-state index contributed by atoms with van der Waals surface area (Å²) in [6.07, 6.45) is 6.39. The van der Waals surface area contributed by atoms with Crippen molar-refractivity contribution in [1.29, 1.82) is 0 Å². The zero-order chi connectivity index (χ0) is 12.5. The van der Waals surface area contributed by atoms with Crippen molar-refractivity contribution in [3.8, 4) is 0 Å². The fraction of sp³-hybridized carbons (Fsp3) is 0.562. The number of likely N-dealkylation sites (tertiary alicyclic amines) is 1. The van der Waals surface area contributed by atoms with Crippen molar-refractivity contribution in [3.63, 3.8) is 0 Å². The molecular formula is C16H21NO. The van der Waals surface area contributed by atoms with E-state index in [1.54, 1.807) is 0 Å². The van der Waals surface area contributed by atoms with E-state index in [2.05, 4.69) is 11.8 Å². The molecule has 2 fully saturated rings. The molecule has 1 amide bonds. The zero-order valence-corrected chi connectivity index (χ0v) is 11.1. The number of carbonyl (C=O) groups is 1. The number of benzene rings is 1. The fourth-order valence-corrected chi connectivity index (χ4v) is 3.22. The van der Waals surface area contributed by atoms with Crippen molar-refractivity contribution in [2.75, 3.05) is 6.54 Å². The maximum Gasteiger partial charge on any atom is 0.254 e. The maximum atomic E-state index is 12.5. The summed E-state index contributed by atoms with van der Waals surface area (Å²) in [5.41, 5.74) is 2.07. The molecule has 1 saturated heterocycles. The second-order valence-corrected chi connectivity index (χ2v) is 5.77. The lowest BCUT2D eigenvalue weighted by molar-refractivity contribution is 0.0626. The van der Waals surface area contributed by atoms with E-state index in [4.69, 9.17) is 0 Å². The lowest BCUT2D eigenvalue weighted by Gasteiger charge is -2.37. The number of hydrogen-bond acceptors (Lipinski definition) is 1. The summed E-state index contributed by atoms with van der Waals surface area (Å²) in [6, 6.07) is 8.51. The third-order valence-electron chi connectivity index (χ3n) is 4.55. The van der Waals surface area contributed by atoms with Crippen molar-refractivity contribution >= 4 is 5.91 Å². The van der Waals surface area contributed by atoms with Gasteiger partial charge in [-0.2, -0.15) is 0 Å². The molecule has 0 aromatic heterocycles. The lowest BCUT2D eigenvalue weighted by Crippen LogP contribution is -2.42. The van der Waals surface area contributed by atoms with Crippen LogP contribution in [-0.2, 0) is 0 Å². The average Bonchev–Trinajstić information content (AvgIpc) is 2.76. The normalized spacial score (nSPS) is 24.1. The van der Waals surface area contributed by atoms with Crippen LogP contribution >= 0.6 is 0 Å².